The Balaban J connectivity index is 2.51. The zero-order valence-corrected chi connectivity index (χ0v) is 9.75. The predicted octanol–water partition coefficient (Wildman–Crippen LogP) is 2.54. The number of hydrogen-bond acceptors (Lipinski definition) is 3. The standard InChI is InChI=1S/C11H20N2O2/c1-4-15-11(14)13-12-10-8(2)6-5-7-9(10)3/h8-9H,4-7H2,1-3H3,(H,13,14)/t8-,9+. The normalized spacial score (nSPS) is 28.9. The van der Waals surface area contributed by atoms with Crippen molar-refractivity contribution in [3.63, 3.8) is 0 Å². The highest BCUT2D eigenvalue weighted by atomic mass is 16.5. The van der Waals surface area contributed by atoms with Crippen molar-refractivity contribution in [3.05, 3.63) is 0 Å². The molecule has 0 aliphatic heterocycles. The van der Waals surface area contributed by atoms with Crippen molar-refractivity contribution >= 4 is 11.8 Å². The SMILES string of the molecule is CCOC(=O)NN=C1[C@H](C)CCC[C@@H]1C. The monoisotopic (exact) mass is 212 g/mol. The van der Waals surface area contributed by atoms with Crippen LogP contribution in [0.2, 0.25) is 0 Å². The van der Waals surface area contributed by atoms with Crippen LogP contribution in [0.5, 0.6) is 0 Å². The van der Waals surface area contributed by atoms with E-state index in [2.05, 4.69) is 24.4 Å². The summed E-state index contributed by atoms with van der Waals surface area (Å²) in [5.74, 6) is 0.936. The lowest BCUT2D eigenvalue weighted by Crippen LogP contribution is -2.29. The van der Waals surface area contributed by atoms with Crippen molar-refractivity contribution in [1.29, 1.82) is 0 Å². The Morgan fingerprint density at radius 3 is 2.60 bits per heavy atom. The fourth-order valence-corrected chi connectivity index (χ4v) is 2.01. The molecule has 0 saturated heterocycles. The van der Waals surface area contributed by atoms with E-state index in [1.54, 1.807) is 6.92 Å². The molecule has 1 saturated carbocycles. The molecular weight excluding hydrogens is 192 g/mol. The quantitative estimate of drug-likeness (QED) is 0.715. The summed E-state index contributed by atoms with van der Waals surface area (Å²) < 4.78 is 4.75. The molecule has 1 aliphatic carbocycles. The van der Waals surface area contributed by atoms with Gasteiger partial charge < -0.3 is 4.74 Å². The van der Waals surface area contributed by atoms with E-state index in [4.69, 9.17) is 4.74 Å². The minimum absolute atomic E-state index is 0.377. The summed E-state index contributed by atoms with van der Waals surface area (Å²) in [4.78, 5) is 11.1. The first-order chi connectivity index (χ1) is 7.15. The van der Waals surface area contributed by atoms with E-state index >= 15 is 0 Å². The van der Waals surface area contributed by atoms with E-state index in [-0.39, 0.29) is 0 Å². The Bertz CT molecular complexity index is 239. The molecule has 1 fully saturated rings. The van der Waals surface area contributed by atoms with Crippen LogP contribution in [0.1, 0.15) is 40.0 Å². The van der Waals surface area contributed by atoms with Crippen molar-refractivity contribution in [1.82, 2.24) is 5.43 Å². The molecular formula is C11H20N2O2. The number of carbonyl (C=O) groups is 1. The van der Waals surface area contributed by atoms with Gasteiger partial charge in [0.2, 0.25) is 0 Å². The molecule has 1 N–H and O–H groups in total. The van der Waals surface area contributed by atoms with E-state index in [1.165, 1.54) is 6.42 Å². The highest BCUT2D eigenvalue weighted by Crippen LogP contribution is 2.25. The van der Waals surface area contributed by atoms with Gasteiger partial charge in [0.05, 0.1) is 6.61 Å². The number of rotatable bonds is 2. The van der Waals surface area contributed by atoms with Crippen molar-refractivity contribution < 1.29 is 9.53 Å². The summed E-state index contributed by atoms with van der Waals surface area (Å²) in [6.45, 7) is 6.46. The highest BCUT2D eigenvalue weighted by molar-refractivity contribution is 5.89. The molecule has 1 rings (SSSR count). The average molecular weight is 212 g/mol. The van der Waals surface area contributed by atoms with Gasteiger partial charge in [-0.3, -0.25) is 0 Å². The van der Waals surface area contributed by atoms with E-state index in [9.17, 15) is 4.79 Å². The van der Waals surface area contributed by atoms with Crippen molar-refractivity contribution in [2.75, 3.05) is 6.61 Å². The second-order valence-electron chi connectivity index (χ2n) is 4.10. The Morgan fingerprint density at radius 1 is 1.47 bits per heavy atom. The van der Waals surface area contributed by atoms with Gasteiger partial charge in [0.15, 0.2) is 0 Å². The zero-order valence-electron chi connectivity index (χ0n) is 9.75. The van der Waals surface area contributed by atoms with Gasteiger partial charge in [-0.25, -0.2) is 10.2 Å². The number of amides is 1. The van der Waals surface area contributed by atoms with Crippen LogP contribution in [-0.2, 0) is 4.74 Å². The van der Waals surface area contributed by atoms with Crippen LogP contribution in [-0.4, -0.2) is 18.4 Å². The van der Waals surface area contributed by atoms with E-state index in [0.29, 0.717) is 18.4 Å². The van der Waals surface area contributed by atoms with Crippen LogP contribution in [0.25, 0.3) is 0 Å². The third-order valence-corrected chi connectivity index (χ3v) is 2.84. The number of nitrogens with one attached hydrogen (secondary N) is 1. The second kappa shape index (κ2) is 5.73. The van der Waals surface area contributed by atoms with Gasteiger partial charge in [-0.1, -0.05) is 20.3 Å². The molecule has 2 atom stereocenters. The Morgan fingerprint density at radius 2 is 2.07 bits per heavy atom. The minimum Gasteiger partial charge on any atom is -0.449 e. The molecule has 1 aliphatic rings. The largest absolute Gasteiger partial charge is 0.449 e. The van der Waals surface area contributed by atoms with Crippen LogP contribution in [0, 0.1) is 11.8 Å². The lowest BCUT2D eigenvalue weighted by atomic mass is 9.81. The van der Waals surface area contributed by atoms with Crippen LogP contribution in [0.4, 0.5) is 4.79 Å². The summed E-state index contributed by atoms with van der Waals surface area (Å²) in [6, 6.07) is 0. The van der Waals surface area contributed by atoms with Gasteiger partial charge in [0.25, 0.3) is 0 Å². The fourth-order valence-electron chi connectivity index (χ4n) is 2.01. The third-order valence-electron chi connectivity index (χ3n) is 2.84. The number of carbonyl (C=O) groups excluding carboxylic acids is 1. The maximum absolute atomic E-state index is 11.1. The first-order valence-electron chi connectivity index (χ1n) is 5.65. The topological polar surface area (TPSA) is 50.7 Å². The fraction of sp³-hybridized carbons (Fsp3) is 0.818. The lowest BCUT2D eigenvalue weighted by Gasteiger charge is -2.26. The number of hydrazone groups is 1. The number of hydrogen-bond donors (Lipinski definition) is 1. The predicted molar refractivity (Wildman–Crippen MR) is 59.8 cm³/mol. The summed E-state index contributed by atoms with van der Waals surface area (Å²) in [6.07, 6.45) is 3.11. The van der Waals surface area contributed by atoms with Crippen LogP contribution >= 0.6 is 0 Å². The van der Waals surface area contributed by atoms with Crippen LogP contribution in [0.15, 0.2) is 5.10 Å². The van der Waals surface area contributed by atoms with Gasteiger partial charge in [-0.2, -0.15) is 5.10 Å². The van der Waals surface area contributed by atoms with Crippen molar-refractivity contribution in [3.8, 4) is 0 Å². The molecule has 0 aromatic carbocycles. The summed E-state index contributed by atoms with van der Waals surface area (Å²) in [7, 11) is 0. The Kier molecular flexibility index (Phi) is 4.59. The van der Waals surface area contributed by atoms with Gasteiger partial charge in [0.1, 0.15) is 0 Å². The van der Waals surface area contributed by atoms with E-state index in [0.717, 1.165) is 18.6 Å². The molecule has 15 heavy (non-hydrogen) atoms. The first kappa shape index (κ1) is 12.0. The molecule has 4 nitrogen and oxygen atoms in total. The lowest BCUT2D eigenvalue weighted by molar-refractivity contribution is 0.152. The first-order valence-corrected chi connectivity index (χ1v) is 5.65. The third kappa shape index (κ3) is 3.53. The molecule has 1 amide bonds. The van der Waals surface area contributed by atoms with Crippen LogP contribution < -0.4 is 5.43 Å². The smallest absolute Gasteiger partial charge is 0.427 e. The Labute approximate surface area is 91.1 Å². The van der Waals surface area contributed by atoms with Gasteiger partial charge in [-0.15, -0.1) is 0 Å². The maximum atomic E-state index is 11.1. The molecule has 0 aromatic heterocycles. The van der Waals surface area contributed by atoms with Gasteiger partial charge in [-0.05, 0) is 31.6 Å². The molecule has 0 radical (unpaired) electrons. The molecule has 0 bridgehead atoms. The average Bonchev–Trinajstić information content (AvgIpc) is 2.17. The Hall–Kier alpha value is -1.06. The molecule has 86 valence electrons. The molecule has 0 heterocycles. The summed E-state index contributed by atoms with van der Waals surface area (Å²) >= 11 is 0. The number of ether oxygens (including phenoxy) is 1. The summed E-state index contributed by atoms with van der Waals surface area (Å²) in [5.41, 5.74) is 3.53. The van der Waals surface area contributed by atoms with Crippen LogP contribution in [0.3, 0.4) is 0 Å². The molecule has 4 heteroatoms. The van der Waals surface area contributed by atoms with Gasteiger partial charge >= 0.3 is 6.09 Å². The second-order valence-corrected chi connectivity index (χ2v) is 4.10. The molecule has 0 aromatic rings. The van der Waals surface area contributed by atoms with E-state index < -0.39 is 6.09 Å². The molecule has 0 spiro atoms. The number of nitrogens with zero attached hydrogens (tertiary/aromatic N) is 1. The van der Waals surface area contributed by atoms with Crippen molar-refractivity contribution in [2.45, 2.75) is 40.0 Å². The zero-order chi connectivity index (χ0) is 11.3. The maximum Gasteiger partial charge on any atom is 0.427 e. The highest BCUT2D eigenvalue weighted by Gasteiger charge is 2.23. The molecule has 0 unspecified atom stereocenters. The minimum atomic E-state index is -0.463. The van der Waals surface area contributed by atoms with Crippen molar-refractivity contribution in [2.24, 2.45) is 16.9 Å². The van der Waals surface area contributed by atoms with Gasteiger partial charge in [0, 0.05) is 5.71 Å². The summed E-state index contributed by atoms with van der Waals surface area (Å²) in [5, 5.41) is 4.16. The van der Waals surface area contributed by atoms with E-state index in [1.807, 2.05) is 0 Å².